The summed E-state index contributed by atoms with van der Waals surface area (Å²) in [6.45, 7) is 1.54. The molecule has 5 rings (SSSR count). The maximum absolute atomic E-state index is 13.5. The first-order valence-electron chi connectivity index (χ1n) is 10.3. The van der Waals surface area contributed by atoms with E-state index in [-0.39, 0.29) is 12.1 Å². The Balaban J connectivity index is 1.69. The van der Waals surface area contributed by atoms with E-state index in [9.17, 15) is 9.59 Å². The number of halogens is 1. The summed E-state index contributed by atoms with van der Waals surface area (Å²) >= 11 is 6.09. The third-order valence-corrected chi connectivity index (χ3v) is 6.05. The highest BCUT2D eigenvalue weighted by Crippen LogP contribution is 2.32. The van der Waals surface area contributed by atoms with Crippen LogP contribution in [0.4, 0.5) is 11.6 Å². The fourth-order valence-corrected chi connectivity index (χ4v) is 4.46. The van der Waals surface area contributed by atoms with Crippen LogP contribution >= 0.6 is 11.6 Å². The van der Waals surface area contributed by atoms with E-state index in [1.54, 1.807) is 32.4 Å². The summed E-state index contributed by atoms with van der Waals surface area (Å²) in [5, 5.41) is 0.559. The molecule has 0 bridgehead atoms. The van der Waals surface area contributed by atoms with Gasteiger partial charge in [0.05, 0.1) is 13.7 Å². The largest absolute Gasteiger partial charge is 0.497 e. The van der Waals surface area contributed by atoms with Crippen LogP contribution in [0.2, 0.25) is 5.02 Å². The smallest absolute Gasteiger partial charge is 0.332 e. The molecule has 32 heavy (non-hydrogen) atoms. The molecule has 0 atom stereocenters. The molecular weight excluding hydrogens is 430 g/mol. The summed E-state index contributed by atoms with van der Waals surface area (Å²) in [6, 6.07) is 14.9. The Morgan fingerprint density at radius 1 is 1.09 bits per heavy atom. The number of benzene rings is 2. The Labute approximate surface area is 188 Å². The molecule has 2 aromatic heterocycles. The minimum absolute atomic E-state index is 0.141. The summed E-state index contributed by atoms with van der Waals surface area (Å²) in [6.07, 6.45) is 0.840. The number of imidazole rings is 1. The van der Waals surface area contributed by atoms with Gasteiger partial charge in [0, 0.05) is 36.9 Å². The second kappa shape index (κ2) is 7.87. The summed E-state index contributed by atoms with van der Waals surface area (Å²) in [5.41, 5.74) is 1.75. The zero-order chi connectivity index (χ0) is 22.4. The van der Waals surface area contributed by atoms with Crippen LogP contribution in [0.15, 0.2) is 58.1 Å². The second-order valence-corrected chi connectivity index (χ2v) is 8.24. The Hall–Kier alpha value is -3.52. The van der Waals surface area contributed by atoms with Gasteiger partial charge in [0.15, 0.2) is 11.2 Å². The number of nitrogens with zero attached hydrogens (tertiary/aromatic N) is 5. The molecule has 0 unspecified atom stereocenters. The first-order chi connectivity index (χ1) is 15.5. The number of rotatable bonds is 4. The van der Waals surface area contributed by atoms with E-state index in [0.29, 0.717) is 28.7 Å². The normalized spacial score (nSPS) is 13.4. The number of aryl methyl sites for hydroxylation is 2. The Morgan fingerprint density at radius 2 is 1.91 bits per heavy atom. The minimum atomic E-state index is -0.411. The molecule has 0 N–H and O–H groups in total. The number of hydrogen-bond donors (Lipinski definition) is 0. The molecule has 9 heteroatoms. The van der Waals surface area contributed by atoms with Gasteiger partial charge in [0.25, 0.3) is 5.56 Å². The number of methoxy groups -OCH3 is 1. The van der Waals surface area contributed by atoms with E-state index in [1.807, 2.05) is 34.9 Å². The highest BCUT2D eigenvalue weighted by molar-refractivity contribution is 6.30. The van der Waals surface area contributed by atoms with E-state index >= 15 is 0 Å². The molecule has 2 aromatic carbocycles. The van der Waals surface area contributed by atoms with E-state index in [4.69, 9.17) is 21.3 Å². The molecule has 0 amide bonds. The number of hydrogen-bond acceptors (Lipinski definition) is 5. The van der Waals surface area contributed by atoms with Crippen molar-refractivity contribution in [3.63, 3.8) is 0 Å². The average Bonchev–Trinajstić information content (AvgIpc) is 3.20. The molecular formula is C23H22ClN5O3. The maximum Gasteiger partial charge on any atom is 0.332 e. The summed E-state index contributed by atoms with van der Waals surface area (Å²) in [7, 11) is 3.27. The zero-order valence-corrected chi connectivity index (χ0v) is 18.5. The van der Waals surface area contributed by atoms with Crippen molar-refractivity contribution in [3.05, 3.63) is 80.0 Å². The number of ether oxygens (including phenoxy) is 1. The summed E-state index contributed by atoms with van der Waals surface area (Å²) in [5.74, 6) is 1.39. The molecule has 0 fully saturated rings. The highest BCUT2D eigenvalue weighted by atomic mass is 35.5. The lowest BCUT2D eigenvalue weighted by Crippen LogP contribution is -2.40. The number of aromatic nitrogens is 4. The monoisotopic (exact) mass is 451 g/mol. The lowest BCUT2D eigenvalue weighted by molar-refractivity contribution is 0.415. The predicted molar refractivity (Wildman–Crippen MR) is 124 cm³/mol. The molecule has 3 heterocycles. The van der Waals surface area contributed by atoms with Gasteiger partial charge in [-0.15, -0.1) is 0 Å². The molecule has 4 aromatic rings. The van der Waals surface area contributed by atoms with Crippen molar-refractivity contribution < 1.29 is 4.74 Å². The fourth-order valence-electron chi connectivity index (χ4n) is 4.25. The van der Waals surface area contributed by atoms with E-state index in [1.165, 1.54) is 9.13 Å². The van der Waals surface area contributed by atoms with Gasteiger partial charge in [-0.05, 0) is 36.2 Å². The van der Waals surface area contributed by atoms with Gasteiger partial charge in [0.2, 0.25) is 5.95 Å². The lowest BCUT2D eigenvalue weighted by atomic mass is 10.2. The van der Waals surface area contributed by atoms with Crippen LogP contribution in [0, 0.1) is 0 Å². The fraction of sp³-hybridized carbons (Fsp3) is 0.261. The first-order valence-corrected chi connectivity index (χ1v) is 10.7. The van der Waals surface area contributed by atoms with Crippen LogP contribution < -0.4 is 20.9 Å². The van der Waals surface area contributed by atoms with Gasteiger partial charge in [-0.25, -0.2) is 4.79 Å². The third kappa shape index (κ3) is 3.27. The molecule has 0 saturated heterocycles. The van der Waals surface area contributed by atoms with Crippen LogP contribution in [-0.2, 0) is 20.1 Å². The van der Waals surface area contributed by atoms with E-state index < -0.39 is 5.69 Å². The van der Waals surface area contributed by atoms with E-state index in [2.05, 4.69) is 4.90 Å². The van der Waals surface area contributed by atoms with Gasteiger partial charge >= 0.3 is 5.69 Å². The number of fused-ring (bicyclic) bond motifs is 3. The zero-order valence-electron chi connectivity index (χ0n) is 17.8. The van der Waals surface area contributed by atoms with Gasteiger partial charge in [-0.1, -0.05) is 29.8 Å². The second-order valence-electron chi connectivity index (χ2n) is 7.81. The first kappa shape index (κ1) is 20.4. The Bertz CT molecular complexity index is 1450. The highest BCUT2D eigenvalue weighted by Gasteiger charge is 2.27. The molecule has 1 aliphatic rings. The maximum atomic E-state index is 13.5. The number of anilines is 2. The van der Waals surface area contributed by atoms with Gasteiger partial charge in [0.1, 0.15) is 5.75 Å². The summed E-state index contributed by atoms with van der Waals surface area (Å²) < 4.78 is 9.96. The Morgan fingerprint density at radius 3 is 2.69 bits per heavy atom. The molecule has 0 saturated carbocycles. The van der Waals surface area contributed by atoms with Crippen LogP contribution in [0.1, 0.15) is 12.0 Å². The van der Waals surface area contributed by atoms with Crippen molar-refractivity contribution in [1.82, 2.24) is 18.7 Å². The standard InChI is InChI=1S/C23H22ClN5O3/c1-26-20-19(21(30)29(23(26)31)14-15-6-3-7-16(24)12-15)28-11-5-10-27(22(28)25-20)17-8-4-9-18(13-17)32-2/h3-4,6-9,12-13H,5,10-11,14H2,1-2H3. The van der Waals surface area contributed by atoms with Crippen molar-refractivity contribution in [2.24, 2.45) is 7.05 Å². The molecule has 1 aliphatic heterocycles. The Kier molecular flexibility index (Phi) is 5.01. The molecule has 0 radical (unpaired) electrons. The average molecular weight is 452 g/mol. The lowest BCUT2D eigenvalue weighted by Gasteiger charge is -2.29. The quantitative estimate of drug-likeness (QED) is 0.476. The van der Waals surface area contributed by atoms with Crippen LogP contribution in [-0.4, -0.2) is 32.3 Å². The van der Waals surface area contributed by atoms with Crippen LogP contribution in [0.25, 0.3) is 11.2 Å². The summed E-state index contributed by atoms with van der Waals surface area (Å²) in [4.78, 5) is 33.3. The van der Waals surface area contributed by atoms with Gasteiger partial charge in [-0.2, -0.15) is 4.98 Å². The van der Waals surface area contributed by atoms with Crippen LogP contribution in [0.3, 0.4) is 0 Å². The molecule has 0 spiro atoms. The minimum Gasteiger partial charge on any atom is -0.497 e. The SMILES string of the molecule is COc1cccc(N2CCCn3c2nc2c3c(=O)n(Cc3cccc(Cl)c3)c(=O)n2C)c1. The van der Waals surface area contributed by atoms with Crippen molar-refractivity contribution in [2.45, 2.75) is 19.5 Å². The van der Waals surface area contributed by atoms with Crippen molar-refractivity contribution in [1.29, 1.82) is 0 Å². The van der Waals surface area contributed by atoms with Gasteiger partial charge in [-0.3, -0.25) is 13.9 Å². The topological polar surface area (TPSA) is 74.3 Å². The molecule has 164 valence electrons. The van der Waals surface area contributed by atoms with Crippen molar-refractivity contribution >= 4 is 34.4 Å². The molecule has 0 aliphatic carbocycles. The van der Waals surface area contributed by atoms with E-state index in [0.717, 1.165) is 30.0 Å². The van der Waals surface area contributed by atoms with Crippen molar-refractivity contribution in [3.8, 4) is 5.75 Å². The predicted octanol–water partition coefficient (Wildman–Crippen LogP) is 3.15. The third-order valence-electron chi connectivity index (χ3n) is 5.81. The van der Waals surface area contributed by atoms with Crippen molar-refractivity contribution in [2.75, 3.05) is 18.6 Å². The van der Waals surface area contributed by atoms with Crippen LogP contribution in [0.5, 0.6) is 5.75 Å². The molecule has 8 nitrogen and oxygen atoms in total. The van der Waals surface area contributed by atoms with Gasteiger partial charge < -0.3 is 14.2 Å².